The van der Waals surface area contributed by atoms with Crippen LogP contribution in [0.1, 0.15) is 71.6 Å². The standard InChI is InChI=1S/C16H34N2O2/c1-3-5-6-7-8-9-10-15(18-17)16(20-4-2)11-13-19-14-12-16/h15,18H,3-14,17H2,1-2H3. The van der Waals surface area contributed by atoms with E-state index in [0.717, 1.165) is 39.1 Å². The summed E-state index contributed by atoms with van der Waals surface area (Å²) in [4.78, 5) is 0. The summed E-state index contributed by atoms with van der Waals surface area (Å²) >= 11 is 0. The number of ether oxygens (including phenoxy) is 2. The summed E-state index contributed by atoms with van der Waals surface area (Å²) < 4.78 is 11.6. The van der Waals surface area contributed by atoms with Crippen LogP contribution in [0.3, 0.4) is 0 Å². The number of hydrazine groups is 1. The largest absolute Gasteiger partial charge is 0.381 e. The molecule has 0 amide bonds. The molecule has 0 bridgehead atoms. The summed E-state index contributed by atoms with van der Waals surface area (Å²) in [6, 6.07) is 0.248. The molecule has 0 aliphatic carbocycles. The molecule has 1 saturated heterocycles. The summed E-state index contributed by atoms with van der Waals surface area (Å²) in [7, 11) is 0. The minimum atomic E-state index is -0.120. The molecule has 0 aromatic heterocycles. The lowest BCUT2D eigenvalue weighted by Gasteiger charge is -2.43. The molecule has 0 spiro atoms. The van der Waals surface area contributed by atoms with Crippen molar-refractivity contribution in [1.29, 1.82) is 0 Å². The van der Waals surface area contributed by atoms with Crippen LogP contribution >= 0.6 is 0 Å². The molecule has 4 nitrogen and oxygen atoms in total. The first-order chi connectivity index (χ1) is 9.79. The zero-order valence-corrected chi connectivity index (χ0v) is 13.5. The van der Waals surface area contributed by atoms with E-state index in [-0.39, 0.29) is 11.6 Å². The number of rotatable bonds is 11. The fraction of sp³-hybridized carbons (Fsp3) is 1.00. The van der Waals surface area contributed by atoms with E-state index in [9.17, 15) is 0 Å². The molecule has 0 aromatic rings. The third-order valence-corrected chi connectivity index (χ3v) is 4.45. The Bertz CT molecular complexity index is 225. The number of hydrogen-bond donors (Lipinski definition) is 2. The maximum Gasteiger partial charge on any atom is 0.0891 e. The predicted molar refractivity (Wildman–Crippen MR) is 83.5 cm³/mol. The van der Waals surface area contributed by atoms with Crippen LogP contribution in [0.15, 0.2) is 0 Å². The Kier molecular flexibility index (Phi) is 9.44. The SMILES string of the molecule is CCCCCCCCC(NN)C1(OCC)CCOCC1. The van der Waals surface area contributed by atoms with Gasteiger partial charge in [-0.1, -0.05) is 45.4 Å². The highest BCUT2D eigenvalue weighted by Crippen LogP contribution is 2.31. The fourth-order valence-electron chi connectivity index (χ4n) is 3.22. The van der Waals surface area contributed by atoms with Gasteiger partial charge in [-0.05, 0) is 13.3 Å². The minimum absolute atomic E-state index is 0.120. The second kappa shape index (κ2) is 10.6. The molecule has 1 aliphatic heterocycles. The molecule has 120 valence electrons. The molecular weight excluding hydrogens is 252 g/mol. The van der Waals surface area contributed by atoms with Gasteiger partial charge in [0.05, 0.1) is 11.6 Å². The van der Waals surface area contributed by atoms with Crippen molar-refractivity contribution in [2.24, 2.45) is 5.84 Å². The molecule has 20 heavy (non-hydrogen) atoms. The van der Waals surface area contributed by atoms with Gasteiger partial charge >= 0.3 is 0 Å². The Morgan fingerprint density at radius 1 is 1.10 bits per heavy atom. The summed E-state index contributed by atoms with van der Waals surface area (Å²) in [5, 5.41) is 0. The van der Waals surface area contributed by atoms with E-state index in [4.69, 9.17) is 15.3 Å². The second-order valence-corrected chi connectivity index (χ2v) is 5.89. The second-order valence-electron chi connectivity index (χ2n) is 5.89. The zero-order chi connectivity index (χ0) is 14.7. The summed E-state index contributed by atoms with van der Waals surface area (Å²) in [5.41, 5.74) is 2.90. The highest BCUT2D eigenvalue weighted by Gasteiger charge is 2.40. The van der Waals surface area contributed by atoms with Gasteiger partial charge in [-0.2, -0.15) is 0 Å². The number of nitrogens with one attached hydrogen (secondary N) is 1. The monoisotopic (exact) mass is 286 g/mol. The van der Waals surface area contributed by atoms with Crippen LogP contribution in [0.2, 0.25) is 0 Å². The average molecular weight is 286 g/mol. The van der Waals surface area contributed by atoms with Crippen LogP contribution in [0, 0.1) is 0 Å². The predicted octanol–water partition coefficient (Wildman–Crippen LogP) is 3.15. The van der Waals surface area contributed by atoms with Gasteiger partial charge in [0.1, 0.15) is 0 Å². The Hall–Kier alpha value is -0.160. The van der Waals surface area contributed by atoms with Gasteiger partial charge in [0.2, 0.25) is 0 Å². The van der Waals surface area contributed by atoms with Crippen molar-refractivity contribution < 1.29 is 9.47 Å². The van der Waals surface area contributed by atoms with Crippen molar-refractivity contribution in [3.8, 4) is 0 Å². The first kappa shape index (κ1) is 17.9. The quantitative estimate of drug-likeness (QED) is 0.348. The van der Waals surface area contributed by atoms with Crippen molar-refractivity contribution in [3.05, 3.63) is 0 Å². The maximum atomic E-state index is 6.10. The zero-order valence-electron chi connectivity index (χ0n) is 13.5. The van der Waals surface area contributed by atoms with Crippen molar-refractivity contribution in [1.82, 2.24) is 5.43 Å². The molecule has 1 atom stereocenters. The van der Waals surface area contributed by atoms with Crippen LogP contribution in [-0.2, 0) is 9.47 Å². The van der Waals surface area contributed by atoms with E-state index in [1.54, 1.807) is 0 Å². The normalized spacial score (nSPS) is 19.9. The molecule has 4 heteroatoms. The number of unbranched alkanes of at least 4 members (excludes halogenated alkanes) is 5. The lowest BCUT2D eigenvalue weighted by molar-refractivity contribution is -0.128. The third kappa shape index (κ3) is 5.68. The smallest absolute Gasteiger partial charge is 0.0891 e. The van der Waals surface area contributed by atoms with Gasteiger partial charge in [0.15, 0.2) is 0 Å². The van der Waals surface area contributed by atoms with Crippen molar-refractivity contribution >= 4 is 0 Å². The molecule has 3 N–H and O–H groups in total. The molecule has 0 radical (unpaired) electrons. The molecule has 0 aromatic carbocycles. The van der Waals surface area contributed by atoms with E-state index in [0.29, 0.717) is 0 Å². The van der Waals surface area contributed by atoms with E-state index < -0.39 is 0 Å². The molecule has 1 heterocycles. The molecule has 0 saturated carbocycles. The summed E-state index contributed by atoms with van der Waals surface area (Å²) in [6.45, 7) is 6.64. The van der Waals surface area contributed by atoms with Gasteiger partial charge in [-0.25, -0.2) is 0 Å². The lowest BCUT2D eigenvalue weighted by Crippen LogP contribution is -2.57. The molecule has 1 unspecified atom stereocenters. The van der Waals surface area contributed by atoms with Gasteiger partial charge < -0.3 is 9.47 Å². The lowest BCUT2D eigenvalue weighted by atomic mass is 9.83. The summed E-state index contributed by atoms with van der Waals surface area (Å²) in [5.74, 6) is 5.81. The Balaban J connectivity index is 2.37. The molecular formula is C16H34N2O2. The van der Waals surface area contributed by atoms with Crippen molar-refractivity contribution in [3.63, 3.8) is 0 Å². The average Bonchev–Trinajstić information content (AvgIpc) is 2.48. The number of nitrogens with two attached hydrogens (primary N) is 1. The van der Waals surface area contributed by atoms with Gasteiger partial charge in [0.25, 0.3) is 0 Å². The van der Waals surface area contributed by atoms with E-state index in [2.05, 4.69) is 19.3 Å². The van der Waals surface area contributed by atoms with Crippen LogP contribution < -0.4 is 11.3 Å². The highest BCUT2D eigenvalue weighted by molar-refractivity contribution is 4.94. The van der Waals surface area contributed by atoms with E-state index in [1.165, 1.54) is 38.5 Å². The van der Waals surface area contributed by atoms with Crippen LogP contribution in [0.4, 0.5) is 0 Å². The Labute approximate surface area is 124 Å². The topological polar surface area (TPSA) is 56.5 Å². The Morgan fingerprint density at radius 2 is 1.75 bits per heavy atom. The molecule has 1 fully saturated rings. The highest BCUT2D eigenvalue weighted by atomic mass is 16.5. The summed E-state index contributed by atoms with van der Waals surface area (Å²) in [6.07, 6.45) is 10.9. The minimum Gasteiger partial charge on any atom is -0.381 e. The Morgan fingerprint density at radius 3 is 2.35 bits per heavy atom. The van der Waals surface area contributed by atoms with E-state index >= 15 is 0 Å². The third-order valence-electron chi connectivity index (χ3n) is 4.45. The van der Waals surface area contributed by atoms with Gasteiger partial charge in [0, 0.05) is 32.7 Å². The fourth-order valence-corrected chi connectivity index (χ4v) is 3.22. The van der Waals surface area contributed by atoms with Gasteiger partial charge in [-0.3, -0.25) is 11.3 Å². The first-order valence-electron chi connectivity index (χ1n) is 8.47. The van der Waals surface area contributed by atoms with Crippen LogP contribution in [0.25, 0.3) is 0 Å². The molecule has 1 aliphatic rings. The molecule has 1 rings (SSSR count). The number of hydrogen-bond acceptors (Lipinski definition) is 4. The van der Waals surface area contributed by atoms with Crippen molar-refractivity contribution in [2.45, 2.75) is 83.3 Å². The van der Waals surface area contributed by atoms with E-state index in [1.807, 2.05) is 0 Å². The van der Waals surface area contributed by atoms with Crippen LogP contribution in [0.5, 0.6) is 0 Å². The first-order valence-corrected chi connectivity index (χ1v) is 8.47. The van der Waals surface area contributed by atoms with Gasteiger partial charge in [-0.15, -0.1) is 0 Å². The maximum absolute atomic E-state index is 6.10. The van der Waals surface area contributed by atoms with Crippen LogP contribution in [-0.4, -0.2) is 31.5 Å². The van der Waals surface area contributed by atoms with Crippen molar-refractivity contribution in [2.75, 3.05) is 19.8 Å².